The number of amides is 1. The maximum Gasteiger partial charge on any atom is 0.268 e. The van der Waals surface area contributed by atoms with Crippen LogP contribution in [0.3, 0.4) is 0 Å². The molecule has 0 aromatic heterocycles. The minimum atomic E-state index is -2.20. The van der Waals surface area contributed by atoms with Gasteiger partial charge in [0.2, 0.25) is 6.10 Å². The molecule has 0 saturated heterocycles. The van der Waals surface area contributed by atoms with Gasteiger partial charge in [-0.05, 0) is 57.1 Å². The van der Waals surface area contributed by atoms with Crippen molar-refractivity contribution in [1.29, 1.82) is 0 Å². The predicted octanol–water partition coefficient (Wildman–Crippen LogP) is 4.05. The summed E-state index contributed by atoms with van der Waals surface area (Å²) in [5, 5.41) is 2.87. The molecule has 23 heavy (non-hydrogen) atoms. The molecule has 2 rings (SSSR count). The van der Waals surface area contributed by atoms with Crippen LogP contribution < -0.4 is 10.1 Å². The van der Waals surface area contributed by atoms with Crippen molar-refractivity contribution in [2.75, 3.05) is 5.32 Å². The average molecular weight is 339 g/mol. The molecule has 3 atom stereocenters. The van der Waals surface area contributed by atoms with Crippen LogP contribution in [0, 0.1) is 6.92 Å². The highest BCUT2D eigenvalue weighted by Crippen LogP contribution is 2.32. The van der Waals surface area contributed by atoms with E-state index in [1.165, 1.54) is 0 Å². The maximum atomic E-state index is 13.7. The highest BCUT2D eigenvalue weighted by Gasteiger charge is 2.37. The Bertz CT molecular complexity index is 579. The fourth-order valence-electron chi connectivity index (χ4n) is 2.84. The number of alkyl halides is 1. The van der Waals surface area contributed by atoms with Crippen molar-refractivity contribution < 1.29 is 18.3 Å². The number of anilines is 1. The van der Waals surface area contributed by atoms with Gasteiger partial charge in [-0.15, -0.1) is 0 Å². The Balaban J connectivity index is 2.06. The third-order valence-corrected chi connectivity index (χ3v) is 6.43. The second kappa shape index (κ2) is 7.01. The van der Waals surface area contributed by atoms with Gasteiger partial charge in [0.05, 0.1) is 18.0 Å². The van der Waals surface area contributed by atoms with E-state index < -0.39 is 26.7 Å². The van der Waals surface area contributed by atoms with Gasteiger partial charge in [0.1, 0.15) is 5.75 Å². The second-order valence-corrected chi connectivity index (χ2v) is 11.0. The van der Waals surface area contributed by atoms with Crippen LogP contribution in [0.25, 0.3) is 0 Å². The minimum Gasteiger partial charge on any atom is -0.476 e. The molecule has 0 fully saturated rings. The first-order chi connectivity index (χ1) is 10.7. The third kappa shape index (κ3) is 4.54. The van der Waals surface area contributed by atoms with Crippen molar-refractivity contribution in [3.05, 3.63) is 23.8 Å². The van der Waals surface area contributed by atoms with Crippen LogP contribution in [0.2, 0.25) is 19.1 Å². The molecule has 1 amide bonds. The summed E-state index contributed by atoms with van der Waals surface area (Å²) in [4.78, 5) is 12.3. The highest BCUT2D eigenvalue weighted by atomic mass is 28.4. The van der Waals surface area contributed by atoms with Crippen LogP contribution in [0.5, 0.6) is 5.75 Å². The first kappa shape index (κ1) is 17.9. The number of aryl methyl sites for hydroxylation is 1. The molecule has 1 N–H and O–H groups in total. The molecule has 0 saturated carbocycles. The summed E-state index contributed by atoms with van der Waals surface area (Å²) in [5.74, 6) is 0.430. The molecule has 1 aliphatic heterocycles. The first-order valence-electron chi connectivity index (χ1n) is 8.12. The summed E-state index contributed by atoms with van der Waals surface area (Å²) >= 11 is 0. The topological polar surface area (TPSA) is 47.6 Å². The van der Waals surface area contributed by atoms with Gasteiger partial charge in [0.15, 0.2) is 8.32 Å². The van der Waals surface area contributed by atoms with Gasteiger partial charge in [-0.25, -0.2) is 4.39 Å². The molecule has 4 nitrogen and oxygen atoms in total. The molecule has 0 spiro atoms. The van der Waals surface area contributed by atoms with Gasteiger partial charge in [-0.3, -0.25) is 4.79 Å². The van der Waals surface area contributed by atoms with E-state index in [0.717, 1.165) is 5.56 Å². The average Bonchev–Trinajstić information content (AvgIpc) is 2.45. The number of benzene rings is 1. The summed E-state index contributed by atoms with van der Waals surface area (Å²) in [6, 6.07) is 6.09. The fraction of sp³-hybridized carbons (Fsp3) is 0.588. The van der Waals surface area contributed by atoms with Gasteiger partial charge in [-0.2, -0.15) is 0 Å². The number of hydrogen-bond acceptors (Lipinski definition) is 3. The zero-order chi connectivity index (χ0) is 17.2. The lowest BCUT2D eigenvalue weighted by Crippen LogP contribution is -2.49. The van der Waals surface area contributed by atoms with E-state index in [-0.39, 0.29) is 5.91 Å². The SMILES string of the molecule is CCC(F)C[Si](C)(C)OC(C)C1Oc2ccc(C)cc2NC1=O. The number of carbonyl (C=O) groups excluding carboxylic acids is 1. The summed E-state index contributed by atoms with van der Waals surface area (Å²) in [6.45, 7) is 9.56. The van der Waals surface area contributed by atoms with Gasteiger partial charge in [0.25, 0.3) is 5.91 Å². The largest absolute Gasteiger partial charge is 0.476 e. The van der Waals surface area contributed by atoms with Crippen LogP contribution in [-0.2, 0) is 9.22 Å². The first-order valence-corrected chi connectivity index (χ1v) is 11.2. The number of nitrogens with one attached hydrogen (secondary N) is 1. The Morgan fingerprint density at radius 2 is 2.13 bits per heavy atom. The molecule has 1 heterocycles. The Morgan fingerprint density at radius 1 is 1.43 bits per heavy atom. The molecule has 128 valence electrons. The number of carbonyl (C=O) groups is 1. The number of fused-ring (bicyclic) bond motifs is 1. The molecule has 0 radical (unpaired) electrons. The molecular weight excluding hydrogens is 313 g/mol. The van der Waals surface area contributed by atoms with Crippen molar-refractivity contribution in [3.63, 3.8) is 0 Å². The van der Waals surface area contributed by atoms with Crippen molar-refractivity contribution in [3.8, 4) is 5.75 Å². The minimum absolute atomic E-state index is 0.215. The van der Waals surface area contributed by atoms with Gasteiger partial charge < -0.3 is 14.5 Å². The zero-order valence-electron chi connectivity index (χ0n) is 14.5. The van der Waals surface area contributed by atoms with Crippen molar-refractivity contribution in [2.45, 2.75) is 64.7 Å². The number of hydrogen-bond donors (Lipinski definition) is 1. The normalized spacial score (nSPS) is 20.3. The third-order valence-electron chi connectivity index (χ3n) is 3.99. The Hall–Kier alpha value is -1.40. The van der Waals surface area contributed by atoms with E-state index in [1.807, 2.05) is 52.1 Å². The van der Waals surface area contributed by atoms with E-state index in [4.69, 9.17) is 9.16 Å². The summed E-state index contributed by atoms with van der Waals surface area (Å²) < 4.78 is 25.6. The van der Waals surface area contributed by atoms with Crippen molar-refractivity contribution in [1.82, 2.24) is 0 Å². The summed E-state index contributed by atoms with van der Waals surface area (Å²) in [5.41, 5.74) is 1.74. The molecule has 3 unspecified atom stereocenters. The molecule has 0 bridgehead atoms. The standard InChI is InChI=1S/C17H26FNO3Si/c1-6-13(18)10-23(4,5)22-12(3)16-17(20)19-14-9-11(2)7-8-15(14)21-16/h7-9,12-13,16H,6,10H2,1-5H3,(H,19,20). The van der Waals surface area contributed by atoms with Gasteiger partial charge in [-0.1, -0.05) is 13.0 Å². The van der Waals surface area contributed by atoms with E-state index >= 15 is 0 Å². The van der Waals surface area contributed by atoms with E-state index in [0.29, 0.717) is 23.9 Å². The monoisotopic (exact) mass is 339 g/mol. The molecule has 1 aliphatic rings. The Morgan fingerprint density at radius 3 is 2.78 bits per heavy atom. The van der Waals surface area contributed by atoms with Crippen LogP contribution in [0.15, 0.2) is 18.2 Å². The van der Waals surface area contributed by atoms with Crippen LogP contribution in [-0.4, -0.2) is 32.6 Å². The molecule has 1 aromatic rings. The van der Waals surface area contributed by atoms with Crippen molar-refractivity contribution in [2.24, 2.45) is 0 Å². The molecule has 0 aliphatic carbocycles. The quantitative estimate of drug-likeness (QED) is 0.795. The summed E-state index contributed by atoms with van der Waals surface area (Å²) in [6.07, 6.45) is -1.50. The molecular formula is C17H26FNO3Si. The van der Waals surface area contributed by atoms with Crippen LogP contribution in [0.4, 0.5) is 10.1 Å². The second-order valence-electron chi connectivity index (χ2n) is 6.82. The van der Waals surface area contributed by atoms with Crippen LogP contribution >= 0.6 is 0 Å². The lowest BCUT2D eigenvalue weighted by atomic mass is 10.1. The lowest BCUT2D eigenvalue weighted by Gasteiger charge is -2.34. The molecule has 1 aromatic carbocycles. The molecule has 6 heteroatoms. The summed E-state index contributed by atoms with van der Waals surface area (Å²) in [7, 11) is -2.20. The van der Waals surface area contributed by atoms with Crippen LogP contribution in [0.1, 0.15) is 25.8 Å². The van der Waals surface area contributed by atoms with Gasteiger partial charge in [0, 0.05) is 0 Å². The highest BCUT2D eigenvalue weighted by molar-refractivity contribution is 6.71. The smallest absolute Gasteiger partial charge is 0.268 e. The predicted molar refractivity (Wildman–Crippen MR) is 92.2 cm³/mol. The number of rotatable bonds is 6. The van der Waals surface area contributed by atoms with E-state index in [1.54, 1.807) is 0 Å². The van der Waals surface area contributed by atoms with Crippen molar-refractivity contribution >= 4 is 19.9 Å². The Labute approximate surface area is 138 Å². The zero-order valence-corrected chi connectivity index (χ0v) is 15.5. The lowest BCUT2D eigenvalue weighted by molar-refractivity contribution is -0.127. The van der Waals surface area contributed by atoms with E-state index in [2.05, 4.69) is 5.32 Å². The maximum absolute atomic E-state index is 13.7. The Kier molecular flexibility index (Phi) is 5.47. The number of halogens is 1. The van der Waals surface area contributed by atoms with E-state index in [9.17, 15) is 9.18 Å². The number of ether oxygens (including phenoxy) is 1. The van der Waals surface area contributed by atoms with Gasteiger partial charge >= 0.3 is 0 Å². The fourth-order valence-corrected chi connectivity index (χ4v) is 5.42.